The van der Waals surface area contributed by atoms with Crippen LogP contribution in [-0.2, 0) is 6.42 Å². The fourth-order valence-electron chi connectivity index (χ4n) is 1.73. The first-order valence-electron chi connectivity index (χ1n) is 6.48. The number of hydrogen-bond donors (Lipinski definition) is 1. The molecule has 0 aliphatic heterocycles. The van der Waals surface area contributed by atoms with Gasteiger partial charge in [-0.1, -0.05) is 35.6 Å². The van der Waals surface area contributed by atoms with Crippen molar-refractivity contribution >= 4 is 38.3 Å². The third kappa shape index (κ3) is 3.04. The monoisotopic (exact) mass is 378 g/mol. The van der Waals surface area contributed by atoms with Crippen molar-refractivity contribution in [3.8, 4) is 5.69 Å². The first-order valence-corrected chi connectivity index (χ1v) is 8.09. The Morgan fingerprint density at radius 3 is 2.86 bits per heavy atom. The minimum atomic E-state index is -0.364. The number of carbonyl (C=O) groups excluding carboxylic acids is 1. The van der Waals surface area contributed by atoms with E-state index in [0.717, 1.165) is 21.6 Å². The van der Waals surface area contributed by atoms with Gasteiger partial charge >= 0.3 is 0 Å². The van der Waals surface area contributed by atoms with E-state index < -0.39 is 0 Å². The second kappa shape index (κ2) is 6.32. The minimum absolute atomic E-state index is 0.212. The molecule has 0 aliphatic carbocycles. The number of aromatic nitrogens is 5. The Balaban J connectivity index is 1.78. The van der Waals surface area contributed by atoms with Crippen LogP contribution in [0.15, 0.2) is 34.9 Å². The number of nitrogens with zero attached hydrogens (tertiary/aromatic N) is 5. The molecule has 22 heavy (non-hydrogen) atoms. The number of anilines is 1. The Labute approximate surface area is 138 Å². The number of hydrogen-bond acceptors (Lipinski definition) is 6. The molecule has 9 heteroatoms. The maximum atomic E-state index is 12.1. The van der Waals surface area contributed by atoms with Crippen molar-refractivity contribution in [3.05, 3.63) is 45.6 Å². The number of benzene rings is 1. The predicted octanol–water partition coefficient (Wildman–Crippen LogP) is 2.70. The lowest BCUT2D eigenvalue weighted by Crippen LogP contribution is -2.12. The predicted molar refractivity (Wildman–Crippen MR) is 86.3 cm³/mol. The molecule has 0 bridgehead atoms. The van der Waals surface area contributed by atoms with Gasteiger partial charge in [0.1, 0.15) is 5.01 Å². The topological polar surface area (TPSA) is 85.6 Å². The molecule has 112 valence electrons. The quantitative estimate of drug-likeness (QED) is 0.753. The van der Waals surface area contributed by atoms with Gasteiger partial charge in [0.05, 0.1) is 11.9 Å². The van der Waals surface area contributed by atoms with E-state index in [2.05, 4.69) is 41.8 Å². The molecule has 0 aliphatic rings. The normalized spacial score (nSPS) is 10.6. The van der Waals surface area contributed by atoms with Crippen LogP contribution in [0.1, 0.15) is 22.4 Å². The van der Waals surface area contributed by atoms with E-state index in [0.29, 0.717) is 5.13 Å². The highest BCUT2D eigenvalue weighted by molar-refractivity contribution is 9.10. The smallest absolute Gasteiger partial charge is 0.279 e. The fraction of sp³-hybridized carbons (Fsp3) is 0.154. The van der Waals surface area contributed by atoms with Crippen LogP contribution in [0.2, 0.25) is 0 Å². The molecule has 1 N–H and O–H groups in total. The van der Waals surface area contributed by atoms with Gasteiger partial charge in [0, 0.05) is 4.47 Å². The summed E-state index contributed by atoms with van der Waals surface area (Å²) in [7, 11) is 0. The van der Waals surface area contributed by atoms with Gasteiger partial charge in [-0.3, -0.25) is 10.1 Å². The van der Waals surface area contributed by atoms with Crippen molar-refractivity contribution in [1.82, 2.24) is 25.2 Å². The van der Waals surface area contributed by atoms with Crippen molar-refractivity contribution in [2.75, 3.05) is 5.32 Å². The molecule has 3 rings (SSSR count). The van der Waals surface area contributed by atoms with Gasteiger partial charge in [-0.15, -0.1) is 15.3 Å². The lowest BCUT2D eigenvalue weighted by Gasteiger charge is -2.01. The fourth-order valence-corrected chi connectivity index (χ4v) is 2.87. The van der Waals surface area contributed by atoms with Gasteiger partial charge in [0.25, 0.3) is 5.91 Å². The summed E-state index contributed by atoms with van der Waals surface area (Å²) in [6, 6.07) is 7.55. The SMILES string of the molecule is CCc1nnc(NC(=O)c2cn(-c3ccccc3Br)nn2)s1. The van der Waals surface area contributed by atoms with Crippen LogP contribution >= 0.6 is 27.3 Å². The van der Waals surface area contributed by atoms with Crippen LogP contribution in [-0.4, -0.2) is 31.1 Å². The number of rotatable bonds is 4. The summed E-state index contributed by atoms with van der Waals surface area (Å²) >= 11 is 4.78. The molecule has 1 amide bonds. The molecule has 2 heterocycles. The van der Waals surface area contributed by atoms with Crippen LogP contribution in [0, 0.1) is 0 Å². The number of halogens is 1. The van der Waals surface area contributed by atoms with E-state index in [4.69, 9.17) is 0 Å². The largest absolute Gasteiger partial charge is 0.295 e. The Bertz CT molecular complexity index is 814. The second-order valence-electron chi connectivity index (χ2n) is 4.31. The Hall–Kier alpha value is -2.13. The van der Waals surface area contributed by atoms with E-state index in [1.165, 1.54) is 16.0 Å². The van der Waals surface area contributed by atoms with Gasteiger partial charge in [-0.2, -0.15) is 0 Å². The summed E-state index contributed by atoms with van der Waals surface area (Å²) in [5.41, 5.74) is 1.02. The third-order valence-corrected chi connectivity index (χ3v) is 4.47. The summed E-state index contributed by atoms with van der Waals surface area (Å²) in [6.45, 7) is 1.98. The van der Waals surface area contributed by atoms with Crippen LogP contribution in [0.4, 0.5) is 5.13 Å². The average molecular weight is 379 g/mol. The molecule has 0 atom stereocenters. The summed E-state index contributed by atoms with van der Waals surface area (Å²) in [4.78, 5) is 12.1. The van der Waals surface area contributed by atoms with Crippen molar-refractivity contribution in [1.29, 1.82) is 0 Å². The molecule has 7 nitrogen and oxygen atoms in total. The number of nitrogens with one attached hydrogen (secondary N) is 1. The van der Waals surface area contributed by atoms with Crippen LogP contribution in [0.25, 0.3) is 5.69 Å². The van der Waals surface area contributed by atoms with Crippen LogP contribution in [0.3, 0.4) is 0 Å². The average Bonchev–Trinajstić information content (AvgIpc) is 3.16. The van der Waals surface area contributed by atoms with Gasteiger partial charge < -0.3 is 0 Å². The molecular formula is C13H11BrN6OS. The van der Waals surface area contributed by atoms with Crippen molar-refractivity contribution in [3.63, 3.8) is 0 Å². The number of aryl methyl sites for hydroxylation is 1. The summed E-state index contributed by atoms with van der Waals surface area (Å²) in [6.07, 6.45) is 2.35. The zero-order chi connectivity index (χ0) is 15.5. The van der Waals surface area contributed by atoms with Crippen molar-refractivity contribution in [2.24, 2.45) is 0 Å². The molecule has 3 aromatic rings. The molecular weight excluding hydrogens is 368 g/mol. The maximum Gasteiger partial charge on any atom is 0.279 e. The Kier molecular flexibility index (Phi) is 4.25. The molecule has 0 radical (unpaired) electrons. The standard InChI is InChI=1S/C13H11BrN6OS/c1-2-11-17-18-13(22-11)15-12(21)9-7-20(19-16-9)10-6-4-3-5-8(10)14/h3-7H,2H2,1H3,(H,15,18,21). The van der Waals surface area contributed by atoms with E-state index in [9.17, 15) is 4.79 Å². The van der Waals surface area contributed by atoms with Crippen LogP contribution in [0.5, 0.6) is 0 Å². The van der Waals surface area contributed by atoms with Gasteiger partial charge in [0.2, 0.25) is 5.13 Å². The first-order chi connectivity index (χ1) is 10.7. The molecule has 0 unspecified atom stereocenters. The van der Waals surface area contributed by atoms with E-state index in [1.807, 2.05) is 31.2 Å². The van der Waals surface area contributed by atoms with E-state index in [1.54, 1.807) is 6.20 Å². The third-order valence-electron chi connectivity index (χ3n) is 2.82. The van der Waals surface area contributed by atoms with E-state index >= 15 is 0 Å². The van der Waals surface area contributed by atoms with Gasteiger partial charge in [-0.05, 0) is 34.5 Å². The molecule has 0 spiro atoms. The molecule has 2 aromatic heterocycles. The number of amides is 1. The Morgan fingerprint density at radius 2 is 2.14 bits per heavy atom. The lowest BCUT2D eigenvalue weighted by atomic mass is 10.3. The molecule has 0 fully saturated rings. The highest BCUT2D eigenvalue weighted by atomic mass is 79.9. The van der Waals surface area contributed by atoms with Crippen LogP contribution < -0.4 is 5.32 Å². The summed E-state index contributed by atoms with van der Waals surface area (Å²) < 4.78 is 2.40. The van der Waals surface area contributed by atoms with Crippen molar-refractivity contribution < 1.29 is 4.79 Å². The minimum Gasteiger partial charge on any atom is -0.295 e. The molecule has 0 saturated carbocycles. The number of carbonyl (C=O) groups is 1. The molecule has 1 aromatic carbocycles. The van der Waals surface area contributed by atoms with Crippen molar-refractivity contribution in [2.45, 2.75) is 13.3 Å². The zero-order valence-electron chi connectivity index (χ0n) is 11.5. The van der Waals surface area contributed by atoms with Gasteiger partial charge in [-0.25, -0.2) is 4.68 Å². The van der Waals surface area contributed by atoms with Gasteiger partial charge in [0.15, 0.2) is 5.69 Å². The highest BCUT2D eigenvalue weighted by Crippen LogP contribution is 2.20. The summed E-state index contributed by atoms with van der Waals surface area (Å²) in [5, 5.41) is 19.7. The lowest BCUT2D eigenvalue weighted by molar-refractivity contribution is 0.102. The maximum absolute atomic E-state index is 12.1. The Morgan fingerprint density at radius 1 is 1.32 bits per heavy atom. The van der Waals surface area contributed by atoms with E-state index in [-0.39, 0.29) is 11.6 Å². The highest BCUT2D eigenvalue weighted by Gasteiger charge is 2.14. The number of para-hydroxylation sites is 1. The summed E-state index contributed by atoms with van der Waals surface area (Å²) in [5.74, 6) is -0.364. The molecule has 0 saturated heterocycles. The first kappa shape index (κ1) is 14.8. The zero-order valence-corrected chi connectivity index (χ0v) is 13.9. The second-order valence-corrected chi connectivity index (χ2v) is 6.22.